The molecule has 30 heavy (non-hydrogen) atoms. The number of thioether (sulfide) groups is 1. The first kappa shape index (κ1) is 20.7. The second kappa shape index (κ2) is 9.04. The smallest absolute Gasteiger partial charge is 0.262 e. The van der Waals surface area contributed by atoms with E-state index in [0.29, 0.717) is 16.1 Å². The van der Waals surface area contributed by atoms with Crippen molar-refractivity contribution in [1.29, 1.82) is 0 Å². The topological polar surface area (TPSA) is 64.0 Å². The van der Waals surface area contributed by atoms with E-state index in [0.717, 1.165) is 42.5 Å². The summed E-state index contributed by atoms with van der Waals surface area (Å²) in [6.45, 7) is 4.03. The molecule has 6 heteroatoms. The molecule has 0 saturated heterocycles. The molecule has 2 aromatic carbocycles. The number of nitrogens with zero attached hydrogens (tertiary/aromatic N) is 2. The van der Waals surface area contributed by atoms with Crippen molar-refractivity contribution in [3.8, 4) is 0 Å². The standard InChI is InChI=1S/C24H27N3O2S/c1-16-9-8-14-20(17(16)2)25-22(28)15-30-24-26-21-13-7-6-12-19(21)23(29)27(24)18-10-4-3-5-11-18/h6-9,12-14,18H,3-5,10-11,15H2,1-2H3,(H,25,28). The van der Waals surface area contributed by atoms with E-state index < -0.39 is 0 Å². The van der Waals surface area contributed by atoms with Gasteiger partial charge in [-0.05, 0) is 56.0 Å². The van der Waals surface area contributed by atoms with Crippen molar-refractivity contribution in [3.05, 3.63) is 63.9 Å². The molecule has 1 aromatic heterocycles. The minimum atomic E-state index is -0.0914. The van der Waals surface area contributed by atoms with E-state index >= 15 is 0 Å². The van der Waals surface area contributed by atoms with Gasteiger partial charge < -0.3 is 5.32 Å². The average Bonchev–Trinajstić information content (AvgIpc) is 2.76. The van der Waals surface area contributed by atoms with Gasteiger partial charge in [-0.2, -0.15) is 0 Å². The number of aryl methyl sites for hydroxylation is 1. The van der Waals surface area contributed by atoms with E-state index in [9.17, 15) is 9.59 Å². The fraction of sp³-hybridized carbons (Fsp3) is 0.375. The van der Waals surface area contributed by atoms with Crippen molar-refractivity contribution in [2.24, 2.45) is 0 Å². The van der Waals surface area contributed by atoms with Crippen molar-refractivity contribution >= 4 is 34.3 Å². The second-order valence-electron chi connectivity index (χ2n) is 7.96. The lowest BCUT2D eigenvalue weighted by Crippen LogP contribution is -2.29. The van der Waals surface area contributed by atoms with Gasteiger partial charge >= 0.3 is 0 Å². The molecule has 1 amide bonds. The van der Waals surface area contributed by atoms with Gasteiger partial charge in [0.05, 0.1) is 16.7 Å². The predicted molar refractivity (Wildman–Crippen MR) is 123 cm³/mol. The number of carbonyl (C=O) groups is 1. The highest BCUT2D eigenvalue weighted by atomic mass is 32.2. The highest BCUT2D eigenvalue weighted by Crippen LogP contribution is 2.31. The number of rotatable bonds is 5. The summed E-state index contributed by atoms with van der Waals surface area (Å²) < 4.78 is 1.84. The Bertz CT molecular complexity index is 1130. The van der Waals surface area contributed by atoms with E-state index in [1.807, 2.05) is 60.9 Å². The molecule has 0 spiro atoms. The third-order valence-electron chi connectivity index (χ3n) is 5.93. The number of benzene rings is 2. The van der Waals surface area contributed by atoms with Gasteiger partial charge in [-0.25, -0.2) is 4.98 Å². The van der Waals surface area contributed by atoms with Crippen molar-refractivity contribution in [1.82, 2.24) is 9.55 Å². The third kappa shape index (κ3) is 4.29. The summed E-state index contributed by atoms with van der Waals surface area (Å²) in [7, 11) is 0. The summed E-state index contributed by atoms with van der Waals surface area (Å²) in [5.74, 6) is 0.122. The van der Waals surface area contributed by atoms with Gasteiger partial charge in [0, 0.05) is 11.7 Å². The average molecular weight is 422 g/mol. The van der Waals surface area contributed by atoms with Crippen LogP contribution in [0, 0.1) is 13.8 Å². The summed E-state index contributed by atoms with van der Waals surface area (Å²) in [5.41, 5.74) is 3.73. The first-order valence-electron chi connectivity index (χ1n) is 10.5. The largest absolute Gasteiger partial charge is 0.325 e. The molecular formula is C24H27N3O2S. The fourth-order valence-electron chi connectivity index (χ4n) is 4.09. The SMILES string of the molecule is Cc1cccc(NC(=O)CSc2nc3ccccc3c(=O)n2C2CCCCC2)c1C. The van der Waals surface area contributed by atoms with Crippen LogP contribution in [0.2, 0.25) is 0 Å². The van der Waals surface area contributed by atoms with Gasteiger partial charge in [-0.3, -0.25) is 14.2 Å². The van der Waals surface area contributed by atoms with Crippen molar-refractivity contribution in [3.63, 3.8) is 0 Å². The Hall–Kier alpha value is -2.60. The lowest BCUT2D eigenvalue weighted by atomic mass is 9.95. The van der Waals surface area contributed by atoms with E-state index in [1.165, 1.54) is 18.2 Å². The third-order valence-corrected chi connectivity index (χ3v) is 6.88. The van der Waals surface area contributed by atoms with Crippen molar-refractivity contribution in [2.45, 2.75) is 57.1 Å². The van der Waals surface area contributed by atoms with Gasteiger partial charge in [0.2, 0.25) is 5.91 Å². The summed E-state index contributed by atoms with van der Waals surface area (Å²) in [6.07, 6.45) is 5.44. The Balaban J connectivity index is 1.60. The van der Waals surface area contributed by atoms with E-state index in [-0.39, 0.29) is 23.3 Å². The highest BCUT2D eigenvalue weighted by molar-refractivity contribution is 7.99. The summed E-state index contributed by atoms with van der Waals surface area (Å²) in [5, 5.41) is 4.28. The number of nitrogens with one attached hydrogen (secondary N) is 1. The number of carbonyl (C=O) groups excluding carboxylic acids is 1. The van der Waals surface area contributed by atoms with Crippen LogP contribution in [0.1, 0.15) is 49.3 Å². The van der Waals surface area contributed by atoms with E-state index in [1.54, 1.807) is 0 Å². The molecule has 1 N–H and O–H groups in total. The van der Waals surface area contributed by atoms with Gasteiger partial charge in [-0.15, -0.1) is 0 Å². The molecule has 156 valence electrons. The van der Waals surface area contributed by atoms with Crippen LogP contribution >= 0.6 is 11.8 Å². The molecule has 1 heterocycles. The van der Waals surface area contributed by atoms with Crippen LogP contribution in [-0.2, 0) is 4.79 Å². The predicted octanol–water partition coefficient (Wildman–Crippen LogP) is 5.25. The molecule has 0 unspecified atom stereocenters. The van der Waals surface area contributed by atoms with Gasteiger partial charge in [0.15, 0.2) is 5.16 Å². The minimum Gasteiger partial charge on any atom is -0.325 e. The molecule has 4 rings (SSSR count). The zero-order valence-electron chi connectivity index (χ0n) is 17.5. The molecule has 0 bridgehead atoms. The normalized spacial score (nSPS) is 14.7. The molecule has 3 aromatic rings. The Morgan fingerprint density at radius 1 is 1.10 bits per heavy atom. The molecule has 1 fully saturated rings. The molecule has 0 atom stereocenters. The zero-order valence-corrected chi connectivity index (χ0v) is 18.3. The number of amides is 1. The Labute approximate surface area is 180 Å². The van der Waals surface area contributed by atoms with Crippen LogP contribution in [0.5, 0.6) is 0 Å². The number of anilines is 1. The number of para-hydroxylation sites is 1. The van der Waals surface area contributed by atoms with Crippen LogP contribution in [0.3, 0.4) is 0 Å². The molecular weight excluding hydrogens is 394 g/mol. The summed E-state index contributed by atoms with van der Waals surface area (Å²) >= 11 is 1.35. The Morgan fingerprint density at radius 2 is 1.87 bits per heavy atom. The molecule has 5 nitrogen and oxygen atoms in total. The van der Waals surface area contributed by atoms with Gasteiger partial charge in [0.25, 0.3) is 5.56 Å². The maximum absolute atomic E-state index is 13.3. The summed E-state index contributed by atoms with van der Waals surface area (Å²) in [4.78, 5) is 30.7. The van der Waals surface area contributed by atoms with Crippen molar-refractivity contribution < 1.29 is 4.79 Å². The summed E-state index contributed by atoms with van der Waals surface area (Å²) in [6, 6.07) is 13.5. The van der Waals surface area contributed by atoms with E-state index in [2.05, 4.69) is 5.32 Å². The number of hydrogen-bond acceptors (Lipinski definition) is 4. The molecule has 1 saturated carbocycles. The van der Waals surface area contributed by atoms with Crippen LogP contribution < -0.4 is 10.9 Å². The molecule has 1 aliphatic rings. The number of hydrogen-bond donors (Lipinski definition) is 1. The van der Waals surface area contributed by atoms with E-state index in [4.69, 9.17) is 4.98 Å². The quantitative estimate of drug-likeness (QED) is 0.451. The van der Waals surface area contributed by atoms with Crippen LogP contribution in [0.25, 0.3) is 10.9 Å². The monoisotopic (exact) mass is 421 g/mol. The Morgan fingerprint density at radius 3 is 2.67 bits per heavy atom. The first-order chi connectivity index (χ1) is 14.5. The second-order valence-corrected chi connectivity index (χ2v) is 8.91. The molecule has 0 aliphatic heterocycles. The first-order valence-corrected chi connectivity index (χ1v) is 11.5. The minimum absolute atomic E-state index is 0.00457. The molecule has 0 radical (unpaired) electrons. The maximum atomic E-state index is 13.3. The number of aromatic nitrogens is 2. The fourth-order valence-corrected chi connectivity index (χ4v) is 4.96. The highest BCUT2D eigenvalue weighted by Gasteiger charge is 2.22. The molecule has 1 aliphatic carbocycles. The lowest BCUT2D eigenvalue weighted by Gasteiger charge is -2.26. The van der Waals surface area contributed by atoms with Crippen LogP contribution in [0.4, 0.5) is 5.69 Å². The zero-order chi connectivity index (χ0) is 21.1. The number of fused-ring (bicyclic) bond motifs is 1. The van der Waals surface area contributed by atoms with Crippen molar-refractivity contribution in [2.75, 3.05) is 11.1 Å². The van der Waals surface area contributed by atoms with Crippen LogP contribution in [-0.4, -0.2) is 21.2 Å². The van der Waals surface area contributed by atoms with Crippen LogP contribution in [0.15, 0.2) is 52.4 Å². The van der Waals surface area contributed by atoms with Gasteiger partial charge in [0.1, 0.15) is 0 Å². The van der Waals surface area contributed by atoms with Gasteiger partial charge in [-0.1, -0.05) is 55.3 Å². The lowest BCUT2D eigenvalue weighted by molar-refractivity contribution is -0.113. The Kier molecular flexibility index (Phi) is 6.23. The maximum Gasteiger partial charge on any atom is 0.262 e.